The van der Waals surface area contributed by atoms with E-state index in [1.54, 1.807) is 11.3 Å². The molecule has 0 amide bonds. The Morgan fingerprint density at radius 2 is 2.17 bits per heavy atom. The smallest absolute Gasteiger partial charge is 0.193 e. The van der Waals surface area contributed by atoms with Crippen LogP contribution in [0.3, 0.4) is 0 Å². The lowest BCUT2D eigenvalue weighted by molar-refractivity contribution is 0.187. The van der Waals surface area contributed by atoms with E-state index in [1.165, 1.54) is 38.9 Å². The van der Waals surface area contributed by atoms with E-state index < -0.39 is 0 Å². The standard InChI is InChI=1S/C17H31N5S.HI/c1-5-22-10-7-15(8-11-22)6-9-19-17(18-3)21(4)12-16-13-23-14(2)20-16;/h13,15H,5-12H2,1-4H3,(H,18,19);1H. The summed E-state index contributed by atoms with van der Waals surface area (Å²) in [5, 5.41) is 6.75. The first kappa shape index (κ1) is 21.6. The van der Waals surface area contributed by atoms with Crippen molar-refractivity contribution in [1.82, 2.24) is 20.1 Å². The Morgan fingerprint density at radius 1 is 1.46 bits per heavy atom. The van der Waals surface area contributed by atoms with Crippen molar-refractivity contribution in [3.05, 3.63) is 16.1 Å². The molecule has 1 aliphatic heterocycles. The van der Waals surface area contributed by atoms with Crippen molar-refractivity contribution in [1.29, 1.82) is 0 Å². The summed E-state index contributed by atoms with van der Waals surface area (Å²) in [6.07, 6.45) is 3.91. The largest absolute Gasteiger partial charge is 0.356 e. The van der Waals surface area contributed by atoms with Crippen LogP contribution in [0.1, 0.15) is 36.9 Å². The van der Waals surface area contributed by atoms with Crippen LogP contribution in [0.4, 0.5) is 0 Å². The number of hydrogen-bond donors (Lipinski definition) is 1. The predicted octanol–water partition coefficient (Wildman–Crippen LogP) is 3.20. The monoisotopic (exact) mass is 465 g/mol. The molecule has 0 bridgehead atoms. The summed E-state index contributed by atoms with van der Waals surface area (Å²) in [7, 11) is 3.93. The maximum Gasteiger partial charge on any atom is 0.193 e. The average Bonchev–Trinajstić information content (AvgIpc) is 2.97. The van der Waals surface area contributed by atoms with E-state index in [4.69, 9.17) is 0 Å². The number of nitrogens with one attached hydrogen (secondary N) is 1. The van der Waals surface area contributed by atoms with Crippen LogP contribution in [0, 0.1) is 12.8 Å². The maximum atomic E-state index is 4.53. The molecule has 1 aromatic heterocycles. The summed E-state index contributed by atoms with van der Waals surface area (Å²) < 4.78 is 0. The first-order chi connectivity index (χ1) is 11.1. The quantitative estimate of drug-likeness (QED) is 0.398. The molecule has 1 saturated heterocycles. The zero-order valence-electron chi connectivity index (χ0n) is 15.4. The third-order valence-corrected chi connectivity index (χ3v) is 5.45. The van der Waals surface area contributed by atoms with Gasteiger partial charge in [0.2, 0.25) is 0 Å². The lowest BCUT2D eigenvalue weighted by Crippen LogP contribution is -2.40. The molecule has 0 aromatic carbocycles. The number of piperidine rings is 1. The van der Waals surface area contributed by atoms with Gasteiger partial charge in [0, 0.05) is 26.0 Å². The molecule has 7 heteroatoms. The van der Waals surface area contributed by atoms with Gasteiger partial charge in [-0.25, -0.2) is 4.98 Å². The van der Waals surface area contributed by atoms with Crippen LogP contribution in [-0.2, 0) is 6.54 Å². The number of aryl methyl sites for hydroxylation is 1. The van der Waals surface area contributed by atoms with Crippen LogP contribution < -0.4 is 5.32 Å². The molecular weight excluding hydrogens is 433 g/mol. The number of hydrogen-bond acceptors (Lipinski definition) is 4. The number of guanidine groups is 1. The number of likely N-dealkylation sites (tertiary alicyclic amines) is 1. The lowest BCUT2D eigenvalue weighted by Gasteiger charge is -2.31. The summed E-state index contributed by atoms with van der Waals surface area (Å²) in [4.78, 5) is 13.6. The highest BCUT2D eigenvalue weighted by Crippen LogP contribution is 2.19. The molecule has 0 unspecified atom stereocenters. The second kappa shape index (κ2) is 11.3. The number of rotatable bonds is 6. The van der Waals surface area contributed by atoms with Gasteiger partial charge < -0.3 is 15.1 Å². The summed E-state index contributed by atoms with van der Waals surface area (Å²) in [5.74, 6) is 1.82. The van der Waals surface area contributed by atoms with Crippen molar-refractivity contribution in [2.75, 3.05) is 40.3 Å². The lowest BCUT2D eigenvalue weighted by atomic mass is 9.93. The minimum atomic E-state index is 0. The third-order valence-electron chi connectivity index (χ3n) is 4.63. The van der Waals surface area contributed by atoms with Crippen molar-refractivity contribution >= 4 is 41.3 Å². The fraction of sp³-hybridized carbons (Fsp3) is 0.765. The number of thiazole rings is 1. The average molecular weight is 465 g/mol. The summed E-state index contributed by atoms with van der Waals surface area (Å²) in [6, 6.07) is 0. The molecule has 1 fully saturated rings. The zero-order valence-corrected chi connectivity index (χ0v) is 18.6. The second-order valence-electron chi connectivity index (χ2n) is 6.35. The Morgan fingerprint density at radius 3 is 2.71 bits per heavy atom. The predicted molar refractivity (Wildman–Crippen MR) is 115 cm³/mol. The molecule has 1 aliphatic rings. The van der Waals surface area contributed by atoms with E-state index in [-0.39, 0.29) is 24.0 Å². The van der Waals surface area contributed by atoms with E-state index in [2.05, 4.69) is 44.4 Å². The highest BCUT2D eigenvalue weighted by atomic mass is 127. The van der Waals surface area contributed by atoms with E-state index >= 15 is 0 Å². The van der Waals surface area contributed by atoms with E-state index in [9.17, 15) is 0 Å². The molecule has 0 spiro atoms. The van der Waals surface area contributed by atoms with Crippen LogP contribution in [-0.4, -0.2) is 61.0 Å². The third kappa shape index (κ3) is 6.84. The fourth-order valence-corrected chi connectivity index (χ4v) is 3.77. The summed E-state index contributed by atoms with van der Waals surface area (Å²) in [6.45, 7) is 9.83. The Labute approximate surface area is 168 Å². The zero-order chi connectivity index (χ0) is 16.7. The summed E-state index contributed by atoms with van der Waals surface area (Å²) >= 11 is 1.70. The number of nitrogens with zero attached hydrogens (tertiary/aromatic N) is 4. The van der Waals surface area contributed by atoms with Gasteiger partial charge in [0.15, 0.2) is 5.96 Å². The van der Waals surface area contributed by atoms with Crippen molar-refractivity contribution < 1.29 is 0 Å². The van der Waals surface area contributed by atoms with Crippen molar-refractivity contribution in [3.8, 4) is 0 Å². The van der Waals surface area contributed by atoms with Gasteiger partial charge in [-0.15, -0.1) is 35.3 Å². The fourth-order valence-electron chi connectivity index (χ4n) is 3.16. The topological polar surface area (TPSA) is 43.8 Å². The molecule has 138 valence electrons. The SMILES string of the molecule is CCN1CCC(CCNC(=NC)N(C)Cc2csc(C)n2)CC1.I. The van der Waals surface area contributed by atoms with E-state index in [0.29, 0.717) is 0 Å². The Balaban J connectivity index is 0.00000288. The highest BCUT2D eigenvalue weighted by Gasteiger charge is 2.18. The van der Waals surface area contributed by atoms with Crippen molar-refractivity contribution in [2.24, 2.45) is 10.9 Å². The molecule has 0 saturated carbocycles. The van der Waals surface area contributed by atoms with Crippen LogP contribution in [0.5, 0.6) is 0 Å². The minimum absolute atomic E-state index is 0. The van der Waals surface area contributed by atoms with Gasteiger partial charge >= 0.3 is 0 Å². The molecule has 2 rings (SSSR count). The second-order valence-corrected chi connectivity index (χ2v) is 7.42. The van der Waals surface area contributed by atoms with Gasteiger partial charge in [-0.2, -0.15) is 0 Å². The molecule has 2 heterocycles. The minimum Gasteiger partial charge on any atom is -0.356 e. The first-order valence-corrected chi connectivity index (χ1v) is 9.55. The van der Waals surface area contributed by atoms with Gasteiger partial charge in [-0.3, -0.25) is 4.99 Å². The molecule has 0 radical (unpaired) electrons. The van der Waals surface area contributed by atoms with Gasteiger partial charge in [-0.1, -0.05) is 6.92 Å². The van der Waals surface area contributed by atoms with Gasteiger partial charge in [0.1, 0.15) is 0 Å². The van der Waals surface area contributed by atoms with Crippen LogP contribution in [0.25, 0.3) is 0 Å². The van der Waals surface area contributed by atoms with Crippen LogP contribution in [0.15, 0.2) is 10.4 Å². The van der Waals surface area contributed by atoms with Crippen LogP contribution >= 0.6 is 35.3 Å². The molecule has 5 nitrogen and oxygen atoms in total. The maximum absolute atomic E-state index is 4.53. The Bertz CT molecular complexity index is 497. The van der Waals surface area contributed by atoms with E-state index in [0.717, 1.165) is 35.7 Å². The molecule has 0 atom stereocenters. The van der Waals surface area contributed by atoms with Crippen molar-refractivity contribution in [3.63, 3.8) is 0 Å². The van der Waals surface area contributed by atoms with Gasteiger partial charge in [0.05, 0.1) is 17.2 Å². The van der Waals surface area contributed by atoms with Crippen molar-refractivity contribution in [2.45, 2.75) is 39.7 Å². The number of halogens is 1. The molecule has 0 aliphatic carbocycles. The number of aromatic nitrogens is 1. The highest BCUT2D eigenvalue weighted by molar-refractivity contribution is 14.0. The normalized spacial score (nSPS) is 16.8. The number of aliphatic imine (C=N–C) groups is 1. The Kier molecular flexibility index (Phi) is 10.1. The first-order valence-electron chi connectivity index (χ1n) is 8.67. The molecular formula is C17H32IN5S. The molecule has 1 N–H and O–H groups in total. The van der Waals surface area contributed by atoms with Gasteiger partial charge in [-0.05, 0) is 51.7 Å². The van der Waals surface area contributed by atoms with E-state index in [1.807, 2.05) is 14.0 Å². The summed E-state index contributed by atoms with van der Waals surface area (Å²) in [5.41, 5.74) is 1.12. The molecule has 1 aromatic rings. The molecule has 24 heavy (non-hydrogen) atoms. The Hall–Kier alpha value is -0.410. The van der Waals surface area contributed by atoms with Crippen LogP contribution in [0.2, 0.25) is 0 Å². The van der Waals surface area contributed by atoms with Gasteiger partial charge in [0.25, 0.3) is 0 Å².